The summed E-state index contributed by atoms with van der Waals surface area (Å²) in [5.41, 5.74) is 3.22. The minimum atomic E-state index is -2.97. The first-order chi connectivity index (χ1) is 23.9. The van der Waals surface area contributed by atoms with E-state index in [9.17, 15) is 18.3 Å². The van der Waals surface area contributed by atoms with E-state index < -0.39 is 27.3 Å². The Morgan fingerprint density at radius 3 is 2.24 bits per heavy atom. The van der Waals surface area contributed by atoms with Gasteiger partial charge in [0.2, 0.25) is 0 Å². The van der Waals surface area contributed by atoms with E-state index in [-0.39, 0.29) is 23.9 Å². The zero-order valence-electron chi connectivity index (χ0n) is 30.2. The molecule has 0 saturated carbocycles. The van der Waals surface area contributed by atoms with Crippen molar-refractivity contribution in [1.82, 2.24) is 19.4 Å². The number of carbonyl (C=O) groups excluding carboxylic acids is 1. The molecule has 1 fully saturated rings. The van der Waals surface area contributed by atoms with E-state index in [4.69, 9.17) is 19.7 Å². The molecule has 0 amide bonds. The van der Waals surface area contributed by atoms with E-state index in [0.717, 1.165) is 36.2 Å². The molecule has 0 bridgehead atoms. The molecule has 50 heavy (non-hydrogen) atoms. The molecule has 2 aromatic heterocycles. The molecule has 5 rings (SSSR count). The number of aryl methyl sites for hydroxylation is 2. The molecule has 11 nitrogen and oxygen atoms in total. The van der Waals surface area contributed by atoms with Crippen LogP contribution in [0, 0.1) is 6.92 Å². The number of sulfone groups is 1. The van der Waals surface area contributed by atoms with Crippen LogP contribution in [0.4, 0.5) is 5.69 Å². The molecular weight excluding hydrogens is 655 g/mol. The summed E-state index contributed by atoms with van der Waals surface area (Å²) in [6.45, 7) is 9.11. The third-order valence-electron chi connectivity index (χ3n) is 9.59. The van der Waals surface area contributed by atoms with Gasteiger partial charge in [-0.05, 0) is 70.0 Å². The van der Waals surface area contributed by atoms with E-state index in [0.29, 0.717) is 42.3 Å². The van der Waals surface area contributed by atoms with Gasteiger partial charge in [0.15, 0.2) is 27.4 Å². The number of carbonyl (C=O) groups is 1. The highest BCUT2D eigenvalue weighted by Crippen LogP contribution is 2.34. The first kappa shape index (κ1) is 37.2. The molecule has 0 radical (unpaired) electrons. The summed E-state index contributed by atoms with van der Waals surface area (Å²) in [6, 6.07) is 14.6. The summed E-state index contributed by atoms with van der Waals surface area (Å²) < 4.78 is 39.6. The SMILES string of the molecule is CCCCCCCCCCC(Oc1ccc(N2CCS(=O)(=O)CC2)cc1)C(=O)OCC(C)(C)c1nn(C)c2c(C)c(-c3ccccc3O)nn12. The number of phenols is 1. The third-order valence-corrected chi connectivity index (χ3v) is 11.2. The number of anilines is 1. The molecule has 0 aliphatic carbocycles. The number of nitrogens with zero attached hydrogens (tertiary/aromatic N) is 5. The second-order valence-electron chi connectivity index (χ2n) is 14.2. The smallest absolute Gasteiger partial charge is 0.347 e. The van der Waals surface area contributed by atoms with Crippen molar-refractivity contribution in [2.45, 2.75) is 97.0 Å². The minimum Gasteiger partial charge on any atom is -0.507 e. The summed E-state index contributed by atoms with van der Waals surface area (Å²) >= 11 is 0. The zero-order chi connectivity index (χ0) is 35.9. The highest BCUT2D eigenvalue weighted by atomic mass is 32.2. The van der Waals surface area contributed by atoms with Crippen LogP contribution >= 0.6 is 0 Å². The van der Waals surface area contributed by atoms with Gasteiger partial charge in [-0.15, -0.1) is 0 Å². The first-order valence-electron chi connectivity index (χ1n) is 18.0. The molecule has 272 valence electrons. The summed E-state index contributed by atoms with van der Waals surface area (Å²) in [5.74, 6) is 1.22. The van der Waals surface area contributed by atoms with E-state index in [2.05, 4.69) is 11.8 Å². The van der Waals surface area contributed by atoms with E-state index in [1.165, 1.54) is 32.1 Å². The van der Waals surface area contributed by atoms with Gasteiger partial charge in [0.25, 0.3) is 0 Å². The van der Waals surface area contributed by atoms with Crippen LogP contribution < -0.4 is 9.64 Å². The Balaban J connectivity index is 1.27. The average Bonchev–Trinajstić information content (AvgIpc) is 3.61. The van der Waals surface area contributed by atoms with Crippen molar-refractivity contribution in [2.24, 2.45) is 7.05 Å². The predicted molar refractivity (Wildman–Crippen MR) is 197 cm³/mol. The quantitative estimate of drug-likeness (QED) is 0.0933. The lowest BCUT2D eigenvalue weighted by atomic mass is 9.94. The number of unbranched alkanes of at least 4 members (excludes halogenated alkanes) is 7. The molecule has 2 aromatic carbocycles. The number of ether oxygens (including phenoxy) is 2. The van der Waals surface area contributed by atoms with Gasteiger partial charge >= 0.3 is 5.97 Å². The highest BCUT2D eigenvalue weighted by molar-refractivity contribution is 7.91. The summed E-state index contributed by atoms with van der Waals surface area (Å²) in [7, 11) is -1.11. The Bertz CT molecular complexity index is 1830. The maximum atomic E-state index is 13.7. The molecule has 3 heterocycles. The summed E-state index contributed by atoms with van der Waals surface area (Å²) in [6.07, 6.45) is 8.96. The molecule has 12 heteroatoms. The Labute approximate surface area is 296 Å². The monoisotopic (exact) mass is 707 g/mol. The number of hydrogen-bond acceptors (Lipinski definition) is 9. The van der Waals surface area contributed by atoms with Crippen LogP contribution in [-0.2, 0) is 31.8 Å². The maximum absolute atomic E-state index is 13.7. The van der Waals surface area contributed by atoms with Gasteiger partial charge < -0.3 is 19.5 Å². The fourth-order valence-electron chi connectivity index (χ4n) is 6.57. The average molecular weight is 708 g/mol. The Morgan fingerprint density at radius 1 is 0.940 bits per heavy atom. The molecule has 1 aliphatic heterocycles. The van der Waals surface area contributed by atoms with Crippen molar-refractivity contribution >= 4 is 27.1 Å². The van der Waals surface area contributed by atoms with Crippen LogP contribution in [0.3, 0.4) is 0 Å². The normalized spacial score (nSPS) is 15.3. The molecule has 1 atom stereocenters. The van der Waals surface area contributed by atoms with Gasteiger partial charge in [-0.3, -0.25) is 0 Å². The third kappa shape index (κ3) is 8.99. The fraction of sp³-hybridized carbons (Fsp3) is 0.553. The number of para-hydroxylation sites is 1. The molecule has 1 N–H and O–H groups in total. The van der Waals surface area contributed by atoms with Crippen LogP contribution in [0.15, 0.2) is 48.5 Å². The maximum Gasteiger partial charge on any atom is 0.347 e. The van der Waals surface area contributed by atoms with E-state index in [1.54, 1.807) is 21.3 Å². The number of aromatic hydroxyl groups is 1. The summed E-state index contributed by atoms with van der Waals surface area (Å²) in [4.78, 5) is 15.8. The number of fused-ring (bicyclic) bond motifs is 1. The van der Waals surface area contributed by atoms with Crippen molar-refractivity contribution in [2.75, 3.05) is 36.1 Å². The van der Waals surface area contributed by atoms with Crippen molar-refractivity contribution in [1.29, 1.82) is 0 Å². The van der Waals surface area contributed by atoms with Crippen LogP contribution in [0.25, 0.3) is 16.9 Å². The van der Waals surface area contributed by atoms with Crippen LogP contribution in [0.5, 0.6) is 11.5 Å². The van der Waals surface area contributed by atoms with Crippen LogP contribution in [0.2, 0.25) is 0 Å². The Kier molecular flexibility index (Phi) is 12.1. The largest absolute Gasteiger partial charge is 0.507 e. The molecule has 1 unspecified atom stereocenters. The first-order valence-corrected chi connectivity index (χ1v) is 19.8. The molecule has 1 saturated heterocycles. The number of rotatable bonds is 17. The molecular formula is C38H53N5O6S. The van der Waals surface area contributed by atoms with Gasteiger partial charge in [-0.25, -0.2) is 17.9 Å². The Morgan fingerprint density at radius 2 is 1.58 bits per heavy atom. The fourth-order valence-corrected chi connectivity index (χ4v) is 7.77. The van der Waals surface area contributed by atoms with E-state index >= 15 is 0 Å². The van der Waals surface area contributed by atoms with Crippen molar-refractivity contribution in [3.8, 4) is 22.8 Å². The highest BCUT2D eigenvalue weighted by Gasteiger charge is 2.33. The van der Waals surface area contributed by atoms with Crippen molar-refractivity contribution < 1.29 is 27.8 Å². The summed E-state index contributed by atoms with van der Waals surface area (Å²) in [5, 5.41) is 20.1. The van der Waals surface area contributed by atoms with E-state index in [1.807, 2.05) is 64.2 Å². The Hall–Kier alpha value is -4.06. The second-order valence-corrected chi connectivity index (χ2v) is 16.5. The van der Waals surface area contributed by atoms with Crippen LogP contribution in [0.1, 0.15) is 89.9 Å². The molecule has 0 spiro atoms. The lowest BCUT2D eigenvalue weighted by Gasteiger charge is -2.29. The van der Waals surface area contributed by atoms with Crippen molar-refractivity contribution in [3.63, 3.8) is 0 Å². The standard InChI is InChI=1S/C38H53N5O6S/c1-6-7-8-9-10-11-12-13-18-33(49-30-21-19-29(20-22-30)42-23-25-50(46,47)26-24-42)36(45)48-27-38(3,4)37-40-41(5)35-28(2)34(39-43(35)37)31-16-14-15-17-32(31)44/h14-17,19-22,33,44H,6-13,18,23-27H2,1-5H3. The molecule has 1 aliphatic rings. The lowest BCUT2D eigenvalue weighted by Crippen LogP contribution is -2.40. The van der Waals surface area contributed by atoms with Gasteiger partial charge in [0, 0.05) is 37.0 Å². The number of phenolic OH excluding ortho intramolecular Hbond substituents is 1. The molecule has 4 aromatic rings. The number of hydrogen-bond donors (Lipinski definition) is 1. The lowest BCUT2D eigenvalue weighted by molar-refractivity contribution is -0.154. The predicted octanol–water partition coefficient (Wildman–Crippen LogP) is 6.78. The number of aromatic nitrogens is 4. The van der Waals surface area contributed by atoms with Crippen LogP contribution in [-0.4, -0.2) is 76.2 Å². The van der Waals surface area contributed by atoms with Crippen molar-refractivity contribution in [3.05, 3.63) is 59.9 Å². The van der Waals surface area contributed by atoms with Gasteiger partial charge in [0.1, 0.15) is 23.8 Å². The van der Waals surface area contributed by atoms with Gasteiger partial charge in [-0.1, -0.05) is 64.0 Å². The minimum absolute atomic E-state index is 0.0663. The topological polar surface area (TPSA) is 128 Å². The number of esters is 1. The second kappa shape index (κ2) is 16.3. The number of benzene rings is 2. The van der Waals surface area contributed by atoms with Gasteiger partial charge in [-0.2, -0.15) is 14.7 Å². The zero-order valence-corrected chi connectivity index (χ0v) is 31.0. The van der Waals surface area contributed by atoms with Gasteiger partial charge in [0.05, 0.1) is 16.9 Å².